The first-order chi connectivity index (χ1) is 7.93. The minimum atomic E-state index is 0.299. The molecule has 1 rings (SSSR count). The quantitative estimate of drug-likeness (QED) is 0.562. The molecule has 0 saturated heterocycles. The van der Waals surface area contributed by atoms with Crippen LogP contribution in [-0.4, -0.2) is 24.8 Å². The molecule has 0 spiro atoms. The van der Waals surface area contributed by atoms with Crippen molar-refractivity contribution in [2.45, 2.75) is 19.3 Å². The van der Waals surface area contributed by atoms with E-state index in [-0.39, 0.29) is 0 Å². The molecular weight excluding hydrogens is 198 g/mol. The van der Waals surface area contributed by atoms with Gasteiger partial charge < -0.3 is 10.4 Å². The van der Waals surface area contributed by atoms with Crippen molar-refractivity contribution >= 4 is 0 Å². The Morgan fingerprint density at radius 2 is 1.88 bits per heavy atom. The first kappa shape index (κ1) is 12.8. The largest absolute Gasteiger partial charge is 0.396 e. The van der Waals surface area contributed by atoms with Gasteiger partial charge in [-0.25, -0.2) is 0 Å². The van der Waals surface area contributed by atoms with Crippen LogP contribution >= 0.6 is 0 Å². The molecule has 0 radical (unpaired) electrons. The maximum Gasteiger partial charge on any atom is 0.0580 e. The van der Waals surface area contributed by atoms with E-state index in [1.165, 1.54) is 0 Å². The predicted molar refractivity (Wildman–Crippen MR) is 67.1 cm³/mol. The molecule has 1 aromatic rings. The van der Waals surface area contributed by atoms with Crippen LogP contribution in [-0.2, 0) is 0 Å². The zero-order chi connectivity index (χ0) is 11.5. The van der Waals surface area contributed by atoms with Crippen LogP contribution < -0.4 is 5.32 Å². The molecule has 2 heteroatoms. The summed E-state index contributed by atoms with van der Waals surface area (Å²) in [6.07, 6.45) is 3.08. The zero-order valence-electron chi connectivity index (χ0n) is 9.58. The lowest BCUT2D eigenvalue weighted by Crippen LogP contribution is -2.15. The van der Waals surface area contributed by atoms with Crippen LogP contribution in [0, 0.1) is 11.8 Å². The summed E-state index contributed by atoms with van der Waals surface area (Å²) in [5.74, 6) is 6.18. The van der Waals surface area contributed by atoms with Gasteiger partial charge in [-0.2, -0.15) is 0 Å². The first-order valence-electron chi connectivity index (χ1n) is 5.79. The molecule has 2 N–H and O–H groups in total. The fourth-order valence-electron chi connectivity index (χ4n) is 1.36. The summed E-state index contributed by atoms with van der Waals surface area (Å²) in [4.78, 5) is 0. The number of aliphatic hydroxyl groups is 1. The Hall–Kier alpha value is -1.30. The van der Waals surface area contributed by atoms with Gasteiger partial charge in [-0.3, -0.25) is 0 Å². The van der Waals surface area contributed by atoms with Crippen molar-refractivity contribution in [1.82, 2.24) is 5.32 Å². The molecular formula is C14H19NO. The van der Waals surface area contributed by atoms with E-state index in [1.807, 2.05) is 30.3 Å². The van der Waals surface area contributed by atoms with Crippen molar-refractivity contribution in [3.05, 3.63) is 35.9 Å². The molecule has 0 aliphatic rings. The van der Waals surface area contributed by atoms with Crippen LogP contribution in [0.4, 0.5) is 0 Å². The van der Waals surface area contributed by atoms with E-state index < -0.39 is 0 Å². The van der Waals surface area contributed by atoms with E-state index in [0.717, 1.165) is 37.9 Å². The zero-order valence-corrected chi connectivity index (χ0v) is 9.58. The van der Waals surface area contributed by atoms with Gasteiger partial charge in [-0.1, -0.05) is 30.0 Å². The lowest BCUT2D eigenvalue weighted by atomic mass is 10.2. The molecule has 0 aliphatic heterocycles. The second-order valence-electron chi connectivity index (χ2n) is 3.63. The predicted octanol–water partition coefficient (Wildman–Crippen LogP) is 1.79. The van der Waals surface area contributed by atoms with Gasteiger partial charge in [0.25, 0.3) is 0 Å². The van der Waals surface area contributed by atoms with Gasteiger partial charge in [0.05, 0.1) is 6.54 Å². The van der Waals surface area contributed by atoms with Crippen molar-refractivity contribution in [3.8, 4) is 11.8 Å². The molecule has 2 nitrogen and oxygen atoms in total. The lowest BCUT2D eigenvalue weighted by Gasteiger charge is -1.98. The molecule has 0 unspecified atom stereocenters. The first-order valence-corrected chi connectivity index (χ1v) is 5.79. The van der Waals surface area contributed by atoms with Gasteiger partial charge in [0.15, 0.2) is 0 Å². The monoisotopic (exact) mass is 217 g/mol. The normalized spacial score (nSPS) is 9.56. The van der Waals surface area contributed by atoms with Gasteiger partial charge in [0, 0.05) is 12.2 Å². The third-order valence-corrected chi connectivity index (χ3v) is 2.23. The van der Waals surface area contributed by atoms with Gasteiger partial charge in [-0.15, -0.1) is 0 Å². The minimum Gasteiger partial charge on any atom is -0.396 e. The van der Waals surface area contributed by atoms with Crippen molar-refractivity contribution < 1.29 is 5.11 Å². The number of aliphatic hydroxyl groups excluding tert-OH is 1. The Morgan fingerprint density at radius 3 is 2.62 bits per heavy atom. The number of benzene rings is 1. The van der Waals surface area contributed by atoms with E-state index in [2.05, 4.69) is 17.2 Å². The van der Waals surface area contributed by atoms with E-state index in [4.69, 9.17) is 5.11 Å². The molecule has 0 aliphatic carbocycles. The number of rotatable bonds is 6. The van der Waals surface area contributed by atoms with Crippen molar-refractivity contribution in [3.63, 3.8) is 0 Å². The van der Waals surface area contributed by atoms with Crippen LogP contribution in [0.3, 0.4) is 0 Å². The number of hydrogen-bond acceptors (Lipinski definition) is 2. The van der Waals surface area contributed by atoms with Gasteiger partial charge in [0.2, 0.25) is 0 Å². The molecule has 0 atom stereocenters. The summed E-state index contributed by atoms with van der Waals surface area (Å²) in [5.41, 5.74) is 1.06. The summed E-state index contributed by atoms with van der Waals surface area (Å²) in [7, 11) is 0. The van der Waals surface area contributed by atoms with Crippen molar-refractivity contribution in [1.29, 1.82) is 0 Å². The van der Waals surface area contributed by atoms with Gasteiger partial charge in [0.1, 0.15) is 0 Å². The van der Waals surface area contributed by atoms with Gasteiger partial charge in [-0.05, 0) is 37.9 Å². The second-order valence-corrected chi connectivity index (χ2v) is 3.63. The van der Waals surface area contributed by atoms with Crippen LogP contribution in [0.1, 0.15) is 24.8 Å². The molecule has 0 amide bonds. The van der Waals surface area contributed by atoms with E-state index in [0.29, 0.717) is 6.61 Å². The molecule has 0 bridgehead atoms. The van der Waals surface area contributed by atoms with E-state index in [1.54, 1.807) is 0 Å². The number of hydrogen-bond donors (Lipinski definition) is 2. The Bertz CT molecular complexity index is 324. The molecule has 1 aromatic carbocycles. The topological polar surface area (TPSA) is 32.3 Å². The van der Waals surface area contributed by atoms with Crippen LogP contribution in [0.25, 0.3) is 0 Å². The number of nitrogens with one attached hydrogen (secondary N) is 1. The molecule has 0 aromatic heterocycles. The van der Waals surface area contributed by atoms with Crippen molar-refractivity contribution in [2.75, 3.05) is 19.7 Å². The maximum atomic E-state index is 8.59. The third kappa shape index (κ3) is 6.23. The highest BCUT2D eigenvalue weighted by Crippen LogP contribution is 1.94. The highest BCUT2D eigenvalue weighted by atomic mass is 16.2. The fraction of sp³-hybridized carbons (Fsp3) is 0.429. The Balaban J connectivity index is 2.05. The molecule has 0 fully saturated rings. The number of unbranched alkanes of at least 4 members (excludes halogenated alkanes) is 2. The highest BCUT2D eigenvalue weighted by molar-refractivity contribution is 5.33. The third-order valence-electron chi connectivity index (χ3n) is 2.23. The summed E-state index contributed by atoms with van der Waals surface area (Å²) >= 11 is 0. The highest BCUT2D eigenvalue weighted by Gasteiger charge is 1.86. The summed E-state index contributed by atoms with van der Waals surface area (Å²) in [6.45, 7) is 2.01. The molecule has 16 heavy (non-hydrogen) atoms. The smallest absolute Gasteiger partial charge is 0.0580 e. The van der Waals surface area contributed by atoms with Crippen LogP contribution in [0.2, 0.25) is 0 Å². The SMILES string of the molecule is OCCCCCNCC#Cc1ccccc1. The van der Waals surface area contributed by atoms with E-state index >= 15 is 0 Å². The Labute approximate surface area is 97.7 Å². The Morgan fingerprint density at radius 1 is 1.06 bits per heavy atom. The summed E-state index contributed by atoms with van der Waals surface area (Å²) in [5, 5.41) is 11.8. The molecule has 86 valence electrons. The average molecular weight is 217 g/mol. The van der Waals surface area contributed by atoms with Crippen molar-refractivity contribution in [2.24, 2.45) is 0 Å². The van der Waals surface area contributed by atoms with E-state index in [9.17, 15) is 0 Å². The summed E-state index contributed by atoms with van der Waals surface area (Å²) in [6, 6.07) is 9.99. The molecule has 0 saturated carbocycles. The summed E-state index contributed by atoms with van der Waals surface area (Å²) < 4.78 is 0. The Kier molecular flexibility index (Phi) is 7.15. The second kappa shape index (κ2) is 8.96. The fourth-order valence-corrected chi connectivity index (χ4v) is 1.36. The lowest BCUT2D eigenvalue weighted by molar-refractivity contribution is 0.283. The maximum absolute atomic E-state index is 8.59. The minimum absolute atomic E-state index is 0.299. The average Bonchev–Trinajstić information content (AvgIpc) is 2.34. The van der Waals surface area contributed by atoms with Crippen LogP contribution in [0.15, 0.2) is 30.3 Å². The molecule has 0 heterocycles. The standard InChI is InChI=1S/C14H19NO/c16-13-6-2-5-11-15-12-7-10-14-8-3-1-4-9-14/h1,3-4,8-9,15-16H,2,5-6,11-13H2. The van der Waals surface area contributed by atoms with Gasteiger partial charge >= 0.3 is 0 Å². The van der Waals surface area contributed by atoms with Crippen LogP contribution in [0.5, 0.6) is 0 Å².